The van der Waals surface area contributed by atoms with Crippen LogP contribution in [0.15, 0.2) is 0 Å². The summed E-state index contributed by atoms with van der Waals surface area (Å²) in [5.74, 6) is 0. The van der Waals surface area contributed by atoms with E-state index in [4.69, 9.17) is 21.4 Å². The molecule has 0 aromatic heterocycles. The number of hydrogen-bond acceptors (Lipinski definition) is 4. The zero-order valence-corrected chi connectivity index (χ0v) is 19.7. The molecule has 6 heteroatoms. The summed E-state index contributed by atoms with van der Waals surface area (Å²) in [5.41, 5.74) is 19.0. The van der Waals surface area contributed by atoms with Gasteiger partial charge in [0.25, 0.3) is 0 Å². The summed E-state index contributed by atoms with van der Waals surface area (Å²) in [7, 11) is 0. The van der Waals surface area contributed by atoms with Gasteiger partial charge in [0, 0.05) is 6.54 Å². The van der Waals surface area contributed by atoms with Crippen molar-refractivity contribution >= 4 is 6.03 Å². The highest BCUT2D eigenvalue weighted by atomic mass is 16.3. The van der Waals surface area contributed by atoms with Gasteiger partial charge in [-0.1, -0.05) is 110 Å². The molecule has 178 valence electrons. The number of amides is 2. The van der Waals surface area contributed by atoms with Gasteiger partial charge in [-0.05, 0) is 19.4 Å². The largest absolute Gasteiger partial charge is 0.392 e. The number of unbranched alkanes of at least 4 members (excludes halogenated alkanes) is 15. The third kappa shape index (κ3) is 46.8. The topological polar surface area (TPSA) is 141 Å². The highest BCUT2D eigenvalue weighted by Crippen LogP contribution is 2.13. The Morgan fingerprint density at radius 3 is 1.10 bits per heavy atom. The van der Waals surface area contributed by atoms with Crippen molar-refractivity contribution in [3.05, 3.63) is 0 Å². The number of primary amides is 2. The molecule has 6 nitrogen and oxygen atoms in total. The molecule has 0 fully saturated rings. The van der Waals surface area contributed by atoms with Gasteiger partial charge >= 0.3 is 6.03 Å². The van der Waals surface area contributed by atoms with Crippen molar-refractivity contribution in [1.82, 2.24) is 0 Å². The minimum atomic E-state index is -0.833. The average molecular weight is 419 g/mol. The second kappa shape index (κ2) is 31.8. The van der Waals surface area contributed by atoms with Crippen LogP contribution in [0, 0.1) is 0 Å². The van der Waals surface area contributed by atoms with Gasteiger partial charge in [-0.2, -0.15) is 0 Å². The molecule has 0 spiro atoms. The molecular formula is C23H54N4O2. The van der Waals surface area contributed by atoms with E-state index in [0.717, 1.165) is 13.0 Å². The summed E-state index contributed by atoms with van der Waals surface area (Å²) in [6.07, 6.45) is 23.3. The molecule has 1 atom stereocenters. The fraction of sp³-hybridized carbons (Fsp3) is 0.957. The molecule has 0 aromatic carbocycles. The van der Waals surface area contributed by atoms with Crippen LogP contribution in [-0.2, 0) is 0 Å². The van der Waals surface area contributed by atoms with E-state index in [1.165, 1.54) is 103 Å². The lowest BCUT2D eigenvalue weighted by atomic mass is 10.0. The van der Waals surface area contributed by atoms with E-state index in [1.807, 2.05) is 6.92 Å². The normalized spacial score (nSPS) is 11.1. The van der Waals surface area contributed by atoms with E-state index in [2.05, 4.69) is 18.4 Å². The molecule has 0 bridgehead atoms. The van der Waals surface area contributed by atoms with Crippen LogP contribution in [0.2, 0.25) is 0 Å². The molecule has 0 aliphatic carbocycles. The number of nitrogens with two attached hydrogens (primary N) is 4. The van der Waals surface area contributed by atoms with Gasteiger partial charge in [-0.25, -0.2) is 4.79 Å². The van der Waals surface area contributed by atoms with Gasteiger partial charge in [0.1, 0.15) is 0 Å². The zero-order valence-electron chi connectivity index (χ0n) is 19.7. The molecule has 0 heterocycles. The second-order valence-corrected chi connectivity index (χ2v) is 7.79. The second-order valence-electron chi connectivity index (χ2n) is 7.79. The summed E-state index contributed by atoms with van der Waals surface area (Å²) in [6, 6.07) is -0.833. The molecule has 0 rings (SSSR count). The van der Waals surface area contributed by atoms with Gasteiger partial charge in [0.2, 0.25) is 0 Å². The Labute approximate surface area is 181 Å². The number of rotatable bonds is 18. The van der Waals surface area contributed by atoms with Crippen molar-refractivity contribution in [2.24, 2.45) is 22.9 Å². The highest BCUT2D eigenvalue weighted by molar-refractivity contribution is 5.69. The first-order chi connectivity index (χ1) is 14.0. The summed E-state index contributed by atoms with van der Waals surface area (Å²) < 4.78 is 0. The van der Waals surface area contributed by atoms with Crippen molar-refractivity contribution in [1.29, 1.82) is 0 Å². The maximum atomic E-state index is 9.00. The van der Waals surface area contributed by atoms with Gasteiger partial charge in [0.15, 0.2) is 0 Å². The molecule has 0 aromatic rings. The van der Waals surface area contributed by atoms with Gasteiger partial charge in [-0.3, -0.25) is 0 Å². The Bertz CT molecular complexity index is 268. The van der Waals surface area contributed by atoms with Crippen molar-refractivity contribution < 1.29 is 9.90 Å². The fourth-order valence-electron chi connectivity index (χ4n) is 2.86. The van der Waals surface area contributed by atoms with Crippen LogP contribution in [0.5, 0.6) is 0 Å². The molecule has 1 unspecified atom stereocenters. The maximum Gasteiger partial charge on any atom is 0.309 e. The van der Waals surface area contributed by atoms with Gasteiger partial charge < -0.3 is 28.0 Å². The van der Waals surface area contributed by atoms with Crippen LogP contribution in [-0.4, -0.2) is 30.3 Å². The van der Waals surface area contributed by atoms with Gasteiger partial charge in [-0.15, -0.1) is 0 Å². The Balaban J connectivity index is -0.000000556. The van der Waals surface area contributed by atoms with E-state index < -0.39 is 6.03 Å². The quantitative estimate of drug-likeness (QED) is 0.201. The first-order valence-electron chi connectivity index (χ1n) is 12.1. The van der Waals surface area contributed by atoms with E-state index in [0.29, 0.717) is 6.54 Å². The average Bonchev–Trinajstić information content (AvgIpc) is 2.70. The van der Waals surface area contributed by atoms with Crippen LogP contribution in [0.25, 0.3) is 0 Å². The Morgan fingerprint density at radius 1 is 0.655 bits per heavy atom. The predicted molar refractivity (Wildman–Crippen MR) is 128 cm³/mol. The summed E-state index contributed by atoms with van der Waals surface area (Å²) in [5, 5.41) is 8.54. The van der Waals surface area contributed by atoms with Crippen LogP contribution >= 0.6 is 0 Å². The van der Waals surface area contributed by atoms with E-state index in [-0.39, 0.29) is 6.10 Å². The molecule has 0 saturated heterocycles. The van der Waals surface area contributed by atoms with Crippen LogP contribution in [0.1, 0.15) is 123 Å². The molecular weight excluding hydrogens is 364 g/mol. The molecule has 0 aliphatic rings. The van der Waals surface area contributed by atoms with Crippen LogP contribution < -0.4 is 22.9 Å². The number of urea groups is 1. The van der Waals surface area contributed by atoms with Crippen LogP contribution in [0.3, 0.4) is 0 Å². The van der Waals surface area contributed by atoms with Crippen molar-refractivity contribution in [3.63, 3.8) is 0 Å². The third-order valence-electron chi connectivity index (χ3n) is 4.80. The lowest BCUT2D eigenvalue weighted by Crippen LogP contribution is -2.18. The summed E-state index contributed by atoms with van der Waals surface area (Å²) >= 11 is 0. The standard InChI is InChI=1S/C18H39N.C4H11NO.CH4N2O/c1-2-3-4-5-6-7-8-9-10-11-12-13-14-15-16-17-18-19;1-2-4(6)3-5;2-1(3)4/h2-19H2,1H3;4,6H,2-3,5H2,1H3;(H4,2,3,4). The number of aliphatic hydroxyl groups is 1. The van der Waals surface area contributed by atoms with Crippen molar-refractivity contribution in [2.75, 3.05) is 13.1 Å². The first-order valence-corrected chi connectivity index (χ1v) is 12.1. The monoisotopic (exact) mass is 418 g/mol. The molecule has 0 saturated carbocycles. The smallest absolute Gasteiger partial charge is 0.309 e. The molecule has 0 aliphatic heterocycles. The summed E-state index contributed by atoms with van der Waals surface area (Å²) in [4.78, 5) is 9.00. The van der Waals surface area contributed by atoms with Crippen molar-refractivity contribution in [2.45, 2.75) is 129 Å². The van der Waals surface area contributed by atoms with E-state index in [1.54, 1.807) is 0 Å². The fourth-order valence-corrected chi connectivity index (χ4v) is 2.86. The Hall–Kier alpha value is -0.850. The third-order valence-corrected chi connectivity index (χ3v) is 4.80. The summed E-state index contributed by atoms with van der Waals surface area (Å²) in [6.45, 7) is 5.45. The predicted octanol–water partition coefficient (Wildman–Crippen LogP) is 4.95. The van der Waals surface area contributed by atoms with Crippen molar-refractivity contribution in [3.8, 4) is 0 Å². The number of aliphatic hydroxyl groups excluding tert-OH is 1. The SMILES string of the molecule is CCC(O)CN.CCCCCCCCCCCCCCCCCCN.NC(N)=O. The van der Waals surface area contributed by atoms with Gasteiger partial charge in [0.05, 0.1) is 6.10 Å². The number of carbonyl (C=O) groups excluding carboxylic acids is 1. The lowest BCUT2D eigenvalue weighted by molar-refractivity contribution is 0.179. The Morgan fingerprint density at radius 2 is 0.931 bits per heavy atom. The molecule has 9 N–H and O–H groups in total. The molecule has 29 heavy (non-hydrogen) atoms. The highest BCUT2D eigenvalue weighted by Gasteiger charge is 1.94. The first kappa shape index (κ1) is 32.8. The van der Waals surface area contributed by atoms with Crippen LogP contribution in [0.4, 0.5) is 4.79 Å². The maximum absolute atomic E-state index is 9.00. The minimum absolute atomic E-state index is 0.287. The Kier molecular flexibility index (Phi) is 36.0. The molecule has 2 amide bonds. The molecule has 0 radical (unpaired) electrons. The van der Waals surface area contributed by atoms with E-state index >= 15 is 0 Å². The zero-order chi connectivity index (χ0) is 22.6. The number of carbonyl (C=O) groups is 1. The minimum Gasteiger partial charge on any atom is -0.392 e. The van der Waals surface area contributed by atoms with E-state index in [9.17, 15) is 0 Å². The lowest BCUT2D eigenvalue weighted by Gasteiger charge is -2.03. The number of hydrogen-bond donors (Lipinski definition) is 5.